The normalized spacial score (nSPS) is 23.1. The van der Waals surface area contributed by atoms with Gasteiger partial charge in [-0.1, -0.05) is 6.92 Å². The van der Waals surface area contributed by atoms with E-state index in [1.807, 2.05) is 6.92 Å². The Morgan fingerprint density at radius 2 is 2.17 bits per heavy atom. The van der Waals surface area contributed by atoms with Crippen molar-refractivity contribution in [1.82, 2.24) is 10.2 Å². The van der Waals surface area contributed by atoms with Gasteiger partial charge in [-0.25, -0.2) is 4.79 Å². The fourth-order valence-corrected chi connectivity index (χ4v) is 2.43. The molecule has 1 unspecified atom stereocenters. The lowest BCUT2D eigenvalue weighted by molar-refractivity contribution is -0.137. The number of nitrogens with zero attached hydrogens (tertiary/aromatic N) is 1. The van der Waals surface area contributed by atoms with Gasteiger partial charge in [0.25, 0.3) is 0 Å². The number of carbonyl (C=O) groups is 2. The van der Waals surface area contributed by atoms with Crippen LogP contribution in [0, 0.1) is 0 Å². The largest absolute Gasteiger partial charge is 0.481 e. The van der Waals surface area contributed by atoms with E-state index < -0.39 is 11.5 Å². The molecule has 0 aromatic rings. The van der Waals surface area contributed by atoms with Gasteiger partial charge in [-0.05, 0) is 25.7 Å². The fraction of sp³-hybridized carbons (Fsp3) is 0.833. The van der Waals surface area contributed by atoms with Crippen LogP contribution in [0.25, 0.3) is 0 Å². The van der Waals surface area contributed by atoms with Gasteiger partial charge in [-0.2, -0.15) is 0 Å². The van der Waals surface area contributed by atoms with Crippen LogP contribution in [0.1, 0.15) is 39.0 Å². The Balaban J connectivity index is 2.43. The number of hydrogen-bond acceptors (Lipinski definition) is 3. The summed E-state index contributed by atoms with van der Waals surface area (Å²) in [4.78, 5) is 24.0. The summed E-state index contributed by atoms with van der Waals surface area (Å²) in [5, 5.41) is 20.7. The van der Waals surface area contributed by atoms with E-state index in [4.69, 9.17) is 5.11 Å². The topological polar surface area (TPSA) is 89.9 Å². The molecule has 1 aliphatic heterocycles. The molecule has 1 rings (SSSR count). The number of hydrogen-bond donors (Lipinski definition) is 3. The first-order chi connectivity index (χ1) is 8.55. The monoisotopic (exact) mass is 258 g/mol. The van der Waals surface area contributed by atoms with Crippen LogP contribution < -0.4 is 5.32 Å². The molecule has 1 aliphatic rings. The fourth-order valence-electron chi connectivity index (χ4n) is 2.43. The van der Waals surface area contributed by atoms with Gasteiger partial charge in [-0.15, -0.1) is 0 Å². The summed E-state index contributed by atoms with van der Waals surface area (Å²) in [6, 6.07) is -0.200. The predicted molar refractivity (Wildman–Crippen MR) is 66.3 cm³/mol. The Bertz CT molecular complexity index is 302. The second-order valence-electron chi connectivity index (χ2n) is 4.72. The zero-order valence-electron chi connectivity index (χ0n) is 10.8. The molecule has 1 heterocycles. The first-order valence-electron chi connectivity index (χ1n) is 6.44. The molecular formula is C12H22N2O4. The average molecular weight is 258 g/mol. The zero-order valence-corrected chi connectivity index (χ0v) is 10.8. The number of aliphatic hydroxyl groups is 1. The van der Waals surface area contributed by atoms with Gasteiger partial charge in [0.2, 0.25) is 0 Å². The van der Waals surface area contributed by atoms with Gasteiger partial charge in [0.05, 0.1) is 12.1 Å². The average Bonchev–Trinajstić information content (AvgIpc) is 2.78. The van der Waals surface area contributed by atoms with E-state index in [0.29, 0.717) is 19.5 Å². The Labute approximate surface area is 107 Å². The molecule has 0 aromatic heterocycles. The third kappa shape index (κ3) is 3.35. The highest BCUT2D eigenvalue weighted by Gasteiger charge is 2.41. The van der Waals surface area contributed by atoms with Gasteiger partial charge < -0.3 is 20.4 Å². The number of likely N-dealkylation sites (tertiary alicyclic amines) is 1. The first kappa shape index (κ1) is 14.8. The van der Waals surface area contributed by atoms with Crippen molar-refractivity contribution >= 4 is 12.0 Å². The first-order valence-corrected chi connectivity index (χ1v) is 6.44. The minimum atomic E-state index is -0.858. The number of nitrogens with one attached hydrogen (secondary N) is 1. The van der Waals surface area contributed by atoms with Crippen LogP contribution in [-0.4, -0.2) is 52.3 Å². The number of urea groups is 1. The van der Waals surface area contributed by atoms with Gasteiger partial charge in [-0.3, -0.25) is 4.79 Å². The number of rotatable bonds is 6. The molecule has 104 valence electrons. The molecule has 1 saturated heterocycles. The molecule has 6 heteroatoms. The summed E-state index contributed by atoms with van der Waals surface area (Å²) in [5.74, 6) is -0.858. The number of carbonyl (C=O) groups excluding carboxylic acids is 1. The molecule has 0 aromatic carbocycles. The minimum Gasteiger partial charge on any atom is -0.481 e. The summed E-state index contributed by atoms with van der Waals surface area (Å²) in [7, 11) is 0. The SMILES string of the molecule is CCC1(CO)CCCN1C(=O)NCCCC(=O)O. The van der Waals surface area contributed by atoms with Crippen molar-refractivity contribution in [2.24, 2.45) is 0 Å². The van der Waals surface area contributed by atoms with Crippen LogP contribution in [-0.2, 0) is 4.79 Å². The van der Waals surface area contributed by atoms with E-state index in [1.165, 1.54) is 0 Å². The Kier molecular flexibility index (Phi) is 5.40. The Morgan fingerprint density at radius 1 is 1.44 bits per heavy atom. The lowest BCUT2D eigenvalue weighted by Gasteiger charge is -2.36. The van der Waals surface area contributed by atoms with Crippen molar-refractivity contribution in [3.63, 3.8) is 0 Å². The molecule has 1 atom stereocenters. The van der Waals surface area contributed by atoms with Gasteiger partial charge in [0.15, 0.2) is 0 Å². The molecule has 0 aliphatic carbocycles. The van der Waals surface area contributed by atoms with Crippen molar-refractivity contribution in [3.05, 3.63) is 0 Å². The van der Waals surface area contributed by atoms with Crippen LogP contribution in [0.4, 0.5) is 4.79 Å². The third-order valence-corrected chi connectivity index (χ3v) is 3.64. The van der Waals surface area contributed by atoms with Crippen molar-refractivity contribution in [1.29, 1.82) is 0 Å². The second-order valence-corrected chi connectivity index (χ2v) is 4.72. The Morgan fingerprint density at radius 3 is 2.72 bits per heavy atom. The number of amides is 2. The zero-order chi connectivity index (χ0) is 13.6. The molecule has 0 spiro atoms. The predicted octanol–water partition coefficient (Wildman–Crippen LogP) is 0.798. The van der Waals surface area contributed by atoms with Gasteiger partial charge >= 0.3 is 12.0 Å². The van der Waals surface area contributed by atoms with Gasteiger partial charge in [0.1, 0.15) is 0 Å². The third-order valence-electron chi connectivity index (χ3n) is 3.64. The van der Waals surface area contributed by atoms with E-state index in [1.54, 1.807) is 4.90 Å². The van der Waals surface area contributed by atoms with Crippen molar-refractivity contribution in [2.75, 3.05) is 19.7 Å². The van der Waals surface area contributed by atoms with E-state index in [2.05, 4.69) is 5.32 Å². The lowest BCUT2D eigenvalue weighted by atomic mass is 9.94. The smallest absolute Gasteiger partial charge is 0.317 e. The highest BCUT2D eigenvalue weighted by molar-refractivity contribution is 5.75. The molecule has 6 nitrogen and oxygen atoms in total. The van der Waals surface area contributed by atoms with Crippen LogP contribution in [0.2, 0.25) is 0 Å². The van der Waals surface area contributed by atoms with Gasteiger partial charge in [0, 0.05) is 19.5 Å². The van der Waals surface area contributed by atoms with E-state index in [9.17, 15) is 14.7 Å². The summed E-state index contributed by atoms with van der Waals surface area (Å²) in [6.07, 6.45) is 2.93. The maximum absolute atomic E-state index is 12.0. The maximum Gasteiger partial charge on any atom is 0.317 e. The highest BCUT2D eigenvalue weighted by atomic mass is 16.4. The van der Waals surface area contributed by atoms with E-state index >= 15 is 0 Å². The van der Waals surface area contributed by atoms with Crippen LogP contribution >= 0.6 is 0 Å². The van der Waals surface area contributed by atoms with Crippen LogP contribution in [0.3, 0.4) is 0 Å². The molecule has 0 saturated carbocycles. The van der Waals surface area contributed by atoms with Crippen molar-refractivity contribution < 1.29 is 19.8 Å². The van der Waals surface area contributed by atoms with E-state index in [0.717, 1.165) is 19.3 Å². The summed E-state index contributed by atoms with van der Waals surface area (Å²) in [5.41, 5.74) is -0.434. The molecule has 0 bridgehead atoms. The maximum atomic E-state index is 12.0. The molecule has 2 amide bonds. The summed E-state index contributed by atoms with van der Waals surface area (Å²) in [6.45, 7) is 2.95. The quantitative estimate of drug-likeness (QED) is 0.615. The summed E-state index contributed by atoms with van der Waals surface area (Å²) < 4.78 is 0. The summed E-state index contributed by atoms with van der Waals surface area (Å²) >= 11 is 0. The highest BCUT2D eigenvalue weighted by Crippen LogP contribution is 2.31. The minimum absolute atomic E-state index is 0.0218. The molecule has 1 fully saturated rings. The number of carboxylic acid groups (broad SMARTS) is 1. The number of aliphatic carboxylic acids is 1. The van der Waals surface area contributed by atoms with E-state index in [-0.39, 0.29) is 19.1 Å². The number of carboxylic acids is 1. The molecule has 18 heavy (non-hydrogen) atoms. The molecule has 3 N–H and O–H groups in total. The van der Waals surface area contributed by atoms with Crippen LogP contribution in [0.15, 0.2) is 0 Å². The lowest BCUT2D eigenvalue weighted by Crippen LogP contribution is -2.53. The Hall–Kier alpha value is -1.30. The second kappa shape index (κ2) is 6.58. The molecular weight excluding hydrogens is 236 g/mol. The van der Waals surface area contributed by atoms with Crippen LogP contribution in [0.5, 0.6) is 0 Å². The van der Waals surface area contributed by atoms with Crippen molar-refractivity contribution in [3.8, 4) is 0 Å². The van der Waals surface area contributed by atoms with Crippen molar-refractivity contribution in [2.45, 2.75) is 44.6 Å². The standard InChI is InChI=1S/C12H22N2O4/c1-2-12(9-15)6-4-8-14(12)11(18)13-7-3-5-10(16)17/h15H,2-9H2,1H3,(H,13,18)(H,16,17). The number of aliphatic hydroxyl groups excluding tert-OH is 1. The molecule has 0 radical (unpaired) electrons.